The molecule has 1 aliphatic heterocycles. The first kappa shape index (κ1) is 13.4. The Morgan fingerprint density at radius 3 is 2.72 bits per heavy atom. The van der Waals surface area contributed by atoms with Crippen LogP contribution in [0.5, 0.6) is 0 Å². The molecule has 1 saturated carbocycles. The van der Waals surface area contributed by atoms with Gasteiger partial charge in [0.1, 0.15) is 0 Å². The van der Waals surface area contributed by atoms with E-state index in [0.29, 0.717) is 25.4 Å². The summed E-state index contributed by atoms with van der Waals surface area (Å²) < 4.78 is 0. The first-order valence-electron chi connectivity index (χ1n) is 7.11. The van der Waals surface area contributed by atoms with E-state index in [2.05, 4.69) is 12.2 Å². The molecule has 0 aromatic heterocycles. The molecular weight excluding hydrogens is 228 g/mol. The smallest absolute Gasteiger partial charge is 0.227 e. The second kappa shape index (κ2) is 5.72. The molecule has 3 atom stereocenters. The van der Waals surface area contributed by atoms with Gasteiger partial charge in [-0.2, -0.15) is 0 Å². The van der Waals surface area contributed by atoms with Crippen LogP contribution < -0.4 is 5.32 Å². The van der Waals surface area contributed by atoms with Crippen molar-refractivity contribution in [3.63, 3.8) is 0 Å². The second-order valence-electron chi connectivity index (χ2n) is 5.91. The molecule has 3 unspecified atom stereocenters. The Balaban J connectivity index is 1.89. The highest BCUT2D eigenvalue weighted by atomic mass is 16.2. The molecule has 1 N–H and O–H groups in total. The minimum Gasteiger partial charge on any atom is -0.355 e. The summed E-state index contributed by atoms with van der Waals surface area (Å²) >= 11 is 0. The third-order valence-electron chi connectivity index (χ3n) is 4.42. The van der Waals surface area contributed by atoms with E-state index in [4.69, 9.17) is 0 Å². The number of amides is 2. The first-order chi connectivity index (χ1) is 8.58. The Morgan fingerprint density at radius 2 is 2.11 bits per heavy atom. The summed E-state index contributed by atoms with van der Waals surface area (Å²) in [6.45, 7) is 2.79. The van der Waals surface area contributed by atoms with Crippen molar-refractivity contribution >= 4 is 11.8 Å². The number of piperidine rings is 1. The zero-order chi connectivity index (χ0) is 13.1. The Bertz CT molecular complexity index is 320. The molecule has 0 radical (unpaired) electrons. The van der Waals surface area contributed by atoms with Gasteiger partial charge in [-0.3, -0.25) is 9.59 Å². The summed E-state index contributed by atoms with van der Waals surface area (Å²) in [7, 11) is 1.93. The zero-order valence-corrected chi connectivity index (χ0v) is 11.4. The van der Waals surface area contributed by atoms with Crippen molar-refractivity contribution in [3.05, 3.63) is 0 Å². The van der Waals surface area contributed by atoms with Gasteiger partial charge in [0.2, 0.25) is 11.8 Å². The van der Waals surface area contributed by atoms with Gasteiger partial charge in [-0.1, -0.05) is 19.8 Å². The lowest BCUT2D eigenvalue weighted by Gasteiger charge is -2.36. The maximum atomic E-state index is 12.4. The summed E-state index contributed by atoms with van der Waals surface area (Å²) in [6.07, 6.45) is 5.97. The monoisotopic (exact) mass is 252 g/mol. The van der Waals surface area contributed by atoms with Crippen LogP contribution >= 0.6 is 0 Å². The first-order valence-corrected chi connectivity index (χ1v) is 7.11. The second-order valence-corrected chi connectivity index (χ2v) is 5.91. The van der Waals surface area contributed by atoms with Gasteiger partial charge >= 0.3 is 0 Å². The number of rotatable bonds is 2. The molecule has 2 amide bonds. The van der Waals surface area contributed by atoms with Gasteiger partial charge in [0.15, 0.2) is 0 Å². The van der Waals surface area contributed by atoms with E-state index in [1.54, 1.807) is 0 Å². The highest BCUT2D eigenvalue weighted by molar-refractivity contribution is 5.83. The highest BCUT2D eigenvalue weighted by Crippen LogP contribution is 2.28. The van der Waals surface area contributed by atoms with Crippen LogP contribution in [-0.2, 0) is 9.59 Å². The van der Waals surface area contributed by atoms with E-state index in [0.717, 1.165) is 18.8 Å². The van der Waals surface area contributed by atoms with E-state index in [1.165, 1.54) is 12.8 Å². The van der Waals surface area contributed by atoms with Crippen molar-refractivity contribution in [2.75, 3.05) is 13.6 Å². The van der Waals surface area contributed by atoms with Crippen LogP contribution in [0.3, 0.4) is 0 Å². The standard InChI is InChI=1S/C14H24N2O2/c1-10-4-3-5-12(8-10)16(2)14(18)11-6-7-13(17)15-9-11/h10-12H,3-9H2,1-2H3,(H,15,17). The van der Waals surface area contributed by atoms with Crippen LogP contribution in [0.15, 0.2) is 0 Å². The molecular formula is C14H24N2O2. The molecule has 4 heteroatoms. The average Bonchev–Trinajstić information content (AvgIpc) is 2.38. The number of nitrogens with zero attached hydrogens (tertiary/aromatic N) is 1. The SMILES string of the molecule is CC1CCCC(N(C)C(=O)C2CCC(=O)NC2)C1. The molecule has 1 heterocycles. The lowest BCUT2D eigenvalue weighted by Crippen LogP contribution is -2.47. The quantitative estimate of drug-likeness (QED) is 0.810. The highest BCUT2D eigenvalue weighted by Gasteiger charge is 2.31. The summed E-state index contributed by atoms with van der Waals surface area (Å²) in [4.78, 5) is 25.4. The van der Waals surface area contributed by atoms with Crippen LogP contribution in [0.25, 0.3) is 0 Å². The van der Waals surface area contributed by atoms with Gasteiger partial charge in [0.05, 0.1) is 5.92 Å². The van der Waals surface area contributed by atoms with Gasteiger partial charge in [-0.25, -0.2) is 0 Å². The third-order valence-corrected chi connectivity index (χ3v) is 4.42. The Kier molecular flexibility index (Phi) is 4.25. The van der Waals surface area contributed by atoms with Crippen LogP contribution in [0.1, 0.15) is 45.4 Å². The molecule has 18 heavy (non-hydrogen) atoms. The number of hydrogen-bond acceptors (Lipinski definition) is 2. The molecule has 102 valence electrons. The molecule has 0 spiro atoms. The fourth-order valence-electron chi connectivity index (χ4n) is 3.17. The van der Waals surface area contributed by atoms with E-state index in [1.807, 2.05) is 11.9 Å². The van der Waals surface area contributed by atoms with E-state index in [9.17, 15) is 9.59 Å². The summed E-state index contributed by atoms with van der Waals surface area (Å²) in [5, 5.41) is 2.79. The zero-order valence-electron chi connectivity index (χ0n) is 11.4. The number of hydrogen-bond donors (Lipinski definition) is 1. The van der Waals surface area contributed by atoms with Gasteiger partial charge in [0.25, 0.3) is 0 Å². The van der Waals surface area contributed by atoms with Crippen LogP contribution in [0, 0.1) is 11.8 Å². The van der Waals surface area contributed by atoms with Gasteiger partial charge < -0.3 is 10.2 Å². The average molecular weight is 252 g/mol. The normalized spacial score (nSPS) is 32.8. The van der Waals surface area contributed by atoms with Crippen molar-refractivity contribution in [2.45, 2.75) is 51.5 Å². The predicted molar refractivity (Wildman–Crippen MR) is 69.9 cm³/mol. The fourth-order valence-corrected chi connectivity index (χ4v) is 3.17. The molecule has 2 rings (SSSR count). The molecule has 1 aliphatic carbocycles. The van der Waals surface area contributed by atoms with Crippen molar-refractivity contribution in [1.29, 1.82) is 0 Å². The largest absolute Gasteiger partial charge is 0.355 e. The van der Waals surface area contributed by atoms with Gasteiger partial charge in [-0.05, 0) is 25.2 Å². The minimum absolute atomic E-state index is 0.00932. The summed E-state index contributed by atoms with van der Waals surface area (Å²) in [5.41, 5.74) is 0. The predicted octanol–water partition coefficient (Wildman–Crippen LogP) is 1.55. The van der Waals surface area contributed by atoms with Gasteiger partial charge in [-0.15, -0.1) is 0 Å². The van der Waals surface area contributed by atoms with Crippen LogP contribution in [-0.4, -0.2) is 36.3 Å². The molecule has 4 nitrogen and oxygen atoms in total. The van der Waals surface area contributed by atoms with Gasteiger partial charge in [0, 0.05) is 26.1 Å². The van der Waals surface area contributed by atoms with E-state index < -0.39 is 0 Å². The maximum Gasteiger partial charge on any atom is 0.227 e. The number of carbonyl (C=O) groups is 2. The molecule has 0 aromatic carbocycles. The Labute approximate surface area is 109 Å². The van der Waals surface area contributed by atoms with Crippen molar-refractivity contribution in [1.82, 2.24) is 10.2 Å². The fraction of sp³-hybridized carbons (Fsp3) is 0.857. The molecule has 1 saturated heterocycles. The van der Waals surface area contributed by atoms with Crippen LogP contribution in [0.2, 0.25) is 0 Å². The van der Waals surface area contributed by atoms with E-state index in [-0.39, 0.29) is 17.7 Å². The molecule has 2 aliphatic rings. The Hall–Kier alpha value is -1.06. The van der Waals surface area contributed by atoms with Crippen molar-refractivity contribution in [2.24, 2.45) is 11.8 Å². The summed E-state index contributed by atoms with van der Waals surface area (Å²) in [5.74, 6) is 1.01. The van der Waals surface area contributed by atoms with Crippen LogP contribution in [0.4, 0.5) is 0 Å². The lowest BCUT2D eigenvalue weighted by molar-refractivity contribution is -0.139. The minimum atomic E-state index is -0.00932. The molecule has 0 bridgehead atoms. The van der Waals surface area contributed by atoms with E-state index >= 15 is 0 Å². The van der Waals surface area contributed by atoms with Crippen molar-refractivity contribution in [3.8, 4) is 0 Å². The lowest BCUT2D eigenvalue weighted by atomic mass is 9.85. The maximum absolute atomic E-state index is 12.4. The number of carbonyl (C=O) groups excluding carboxylic acids is 2. The van der Waals surface area contributed by atoms with Crippen molar-refractivity contribution < 1.29 is 9.59 Å². The molecule has 2 fully saturated rings. The molecule has 0 aromatic rings. The summed E-state index contributed by atoms with van der Waals surface area (Å²) in [6, 6.07) is 0.402. The number of nitrogens with one attached hydrogen (secondary N) is 1. The Morgan fingerprint density at radius 1 is 1.33 bits per heavy atom. The topological polar surface area (TPSA) is 49.4 Å². The third kappa shape index (κ3) is 3.03.